The van der Waals surface area contributed by atoms with E-state index in [-0.39, 0.29) is 12.6 Å². The molecular formula is C22H27N5O2S2. The van der Waals surface area contributed by atoms with Crippen LogP contribution in [0.25, 0.3) is 10.4 Å². The Bertz CT molecular complexity index is 1140. The molecule has 0 amide bonds. The molecular weight excluding hydrogens is 430 g/mol. The second-order valence-corrected chi connectivity index (χ2v) is 11.2. The van der Waals surface area contributed by atoms with Crippen molar-refractivity contribution >= 4 is 38.5 Å². The van der Waals surface area contributed by atoms with E-state index >= 15 is 0 Å². The molecule has 0 radical (unpaired) electrons. The Hall–Kier alpha value is -2.49. The van der Waals surface area contributed by atoms with Gasteiger partial charge in [-0.15, -0.1) is 11.3 Å². The number of aromatic nitrogens is 2. The van der Waals surface area contributed by atoms with Crippen molar-refractivity contribution in [1.29, 1.82) is 0 Å². The zero-order chi connectivity index (χ0) is 21.8. The fourth-order valence-corrected chi connectivity index (χ4v) is 5.01. The van der Waals surface area contributed by atoms with Gasteiger partial charge in [0.05, 0.1) is 28.4 Å². The number of benzene rings is 1. The number of rotatable bonds is 9. The Labute approximate surface area is 187 Å². The molecule has 1 aliphatic rings. The number of aliphatic hydroxyl groups is 1. The summed E-state index contributed by atoms with van der Waals surface area (Å²) in [5.41, 5.74) is 1.69. The Kier molecular flexibility index (Phi) is 6.54. The first-order valence-corrected chi connectivity index (χ1v) is 13.1. The minimum atomic E-state index is -2.38. The van der Waals surface area contributed by atoms with Crippen LogP contribution in [0.2, 0.25) is 0 Å². The minimum absolute atomic E-state index is 0.000202. The van der Waals surface area contributed by atoms with Gasteiger partial charge in [-0.05, 0) is 61.4 Å². The van der Waals surface area contributed by atoms with Crippen molar-refractivity contribution in [3.8, 4) is 10.4 Å². The summed E-state index contributed by atoms with van der Waals surface area (Å²) in [5.74, 6) is 1.72. The summed E-state index contributed by atoms with van der Waals surface area (Å²) >= 11 is 1.61. The summed E-state index contributed by atoms with van der Waals surface area (Å²) in [7, 11) is -2.38. The number of anilines is 3. The van der Waals surface area contributed by atoms with E-state index in [4.69, 9.17) is 0 Å². The van der Waals surface area contributed by atoms with Crippen LogP contribution in [-0.2, 0) is 9.73 Å². The number of hydrogen-bond donors (Lipinski definition) is 3. The van der Waals surface area contributed by atoms with Crippen molar-refractivity contribution in [1.82, 2.24) is 9.97 Å². The molecule has 3 aromatic rings. The van der Waals surface area contributed by atoms with Gasteiger partial charge in [0, 0.05) is 34.0 Å². The van der Waals surface area contributed by atoms with Crippen LogP contribution in [0.15, 0.2) is 57.2 Å². The molecule has 1 aliphatic carbocycles. The van der Waals surface area contributed by atoms with E-state index in [2.05, 4.69) is 25.0 Å². The van der Waals surface area contributed by atoms with E-state index in [1.807, 2.05) is 48.7 Å². The van der Waals surface area contributed by atoms with Gasteiger partial charge < -0.3 is 15.7 Å². The maximum Gasteiger partial charge on any atom is 0.229 e. The third-order valence-electron chi connectivity index (χ3n) is 5.06. The predicted molar refractivity (Wildman–Crippen MR) is 128 cm³/mol. The van der Waals surface area contributed by atoms with Crippen LogP contribution in [-0.4, -0.2) is 44.7 Å². The molecule has 1 aromatic carbocycles. The largest absolute Gasteiger partial charge is 0.394 e. The molecule has 0 bridgehead atoms. The lowest BCUT2D eigenvalue weighted by Gasteiger charge is -2.16. The van der Waals surface area contributed by atoms with Gasteiger partial charge in [0.2, 0.25) is 5.95 Å². The van der Waals surface area contributed by atoms with E-state index in [1.165, 1.54) is 12.8 Å². The maximum absolute atomic E-state index is 12.9. The molecule has 1 saturated carbocycles. The van der Waals surface area contributed by atoms with E-state index in [1.54, 1.807) is 23.8 Å². The molecule has 2 atom stereocenters. The quantitative estimate of drug-likeness (QED) is 0.434. The Morgan fingerprint density at radius 3 is 2.71 bits per heavy atom. The SMILES string of the molecule is C[C@H](CO)Nc1nc(Nc2ccc(S(C)(=O)=NCC3CC3)cc2)ncc1-c1cccs1. The highest BCUT2D eigenvalue weighted by atomic mass is 32.2. The topological polar surface area (TPSA) is 99.5 Å². The molecule has 9 heteroatoms. The molecule has 2 aromatic heterocycles. The lowest BCUT2D eigenvalue weighted by molar-refractivity contribution is 0.281. The number of nitrogens with one attached hydrogen (secondary N) is 2. The van der Waals surface area contributed by atoms with Crippen molar-refractivity contribution in [2.75, 3.05) is 30.0 Å². The van der Waals surface area contributed by atoms with Gasteiger partial charge in [-0.3, -0.25) is 0 Å². The second-order valence-electron chi connectivity index (χ2n) is 7.87. The van der Waals surface area contributed by atoms with E-state index in [9.17, 15) is 9.32 Å². The smallest absolute Gasteiger partial charge is 0.229 e. The standard InChI is InChI=1S/C22H27N5O2S2/c1-15(14-28)25-21-19(20-4-3-11-30-20)13-23-22(27-21)26-17-7-9-18(10-8-17)31(2,29)24-12-16-5-6-16/h3-4,7-11,13,15-16,28H,5-6,12,14H2,1-2H3,(H2,23,25,26,27)/t15-,31?/m1/s1. The van der Waals surface area contributed by atoms with Gasteiger partial charge in [0.25, 0.3) is 0 Å². The zero-order valence-corrected chi connectivity index (χ0v) is 19.2. The molecule has 7 nitrogen and oxygen atoms in total. The molecule has 31 heavy (non-hydrogen) atoms. The van der Waals surface area contributed by atoms with Gasteiger partial charge in [-0.1, -0.05) is 6.07 Å². The van der Waals surface area contributed by atoms with Crippen molar-refractivity contribution in [3.63, 3.8) is 0 Å². The van der Waals surface area contributed by atoms with Crippen LogP contribution in [0.3, 0.4) is 0 Å². The molecule has 0 aliphatic heterocycles. The van der Waals surface area contributed by atoms with Gasteiger partial charge in [0.1, 0.15) is 5.82 Å². The highest BCUT2D eigenvalue weighted by Crippen LogP contribution is 2.32. The molecule has 0 saturated heterocycles. The first-order valence-electron chi connectivity index (χ1n) is 10.3. The number of hydrogen-bond acceptors (Lipinski definition) is 8. The highest BCUT2D eigenvalue weighted by molar-refractivity contribution is 7.93. The zero-order valence-electron chi connectivity index (χ0n) is 17.6. The lowest BCUT2D eigenvalue weighted by atomic mass is 10.2. The van der Waals surface area contributed by atoms with Crippen molar-refractivity contribution in [2.45, 2.75) is 30.7 Å². The summed E-state index contributed by atoms with van der Waals surface area (Å²) < 4.78 is 17.3. The molecule has 164 valence electrons. The molecule has 2 heterocycles. The van der Waals surface area contributed by atoms with Crippen molar-refractivity contribution in [3.05, 3.63) is 48.0 Å². The highest BCUT2D eigenvalue weighted by Gasteiger charge is 2.21. The van der Waals surface area contributed by atoms with E-state index < -0.39 is 9.73 Å². The fourth-order valence-electron chi connectivity index (χ4n) is 2.99. The monoisotopic (exact) mass is 457 g/mol. The van der Waals surface area contributed by atoms with Crippen molar-refractivity contribution in [2.24, 2.45) is 10.3 Å². The Morgan fingerprint density at radius 2 is 2.06 bits per heavy atom. The average molecular weight is 458 g/mol. The van der Waals surface area contributed by atoms with Crippen LogP contribution in [0, 0.1) is 5.92 Å². The number of aliphatic hydroxyl groups excluding tert-OH is 1. The predicted octanol–water partition coefficient (Wildman–Crippen LogP) is 4.61. The normalized spacial score (nSPS) is 16.4. The molecule has 4 rings (SSSR count). The average Bonchev–Trinajstić information content (AvgIpc) is 3.45. The summed E-state index contributed by atoms with van der Waals surface area (Å²) in [5, 5.41) is 17.9. The third-order valence-corrected chi connectivity index (χ3v) is 7.75. The summed E-state index contributed by atoms with van der Waals surface area (Å²) in [6.45, 7) is 2.57. The van der Waals surface area contributed by atoms with Crippen LogP contribution >= 0.6 is 11.3 Å². The third kappa shape index (κ3) is 5.61. The molecule has 3 N–H and O–H groups in total. The Balaban J connectivity index is 1.54. The van der Waals surface area contributed by atoms with Gasteiger partial charge >= 0.3 is 0 Å². The van der Waals surface area contributed by atoms with Crippen LogP contribution in [0.5, 0.6) is 0 Å². The van der Waals surface area contributed by atoms with E-state index in [0.29, 0.717) is 24.2 Å². The fraction of sp³-hybridized carbons (Fsp3) is 0.364. The minimum Gasteiger partial charge on any atom is -0.394 e. The maximum atomic E-state index is 12.9. The molecule has 1 unspecified atom stereocenters. The van der Waals surface area contributed by atoms with Gasteiger partial charge in [-0.25, -0.2) is 13.6 Å². The summed E-state index contributed by atoms with van der Waals surface area (Å²) in [6, 6.07) is 11.3. The summed E-state index contributed by atoms with van der Waals surface area (Å²) in [6.07, 6.45) is 5.87. The Morgan fingerprint density at radius 1 is 1.29 bits per heavy atom. The lowest BCUT2D eigenvalue weighted by Crippen LogP contribution is -2.21. The number of nitrogens with zero attached hydrogens (tertiary/aromatic N) is 3. The second kappa shape index (κ2) is 9.33. The van der Waals surface area contributed by atoms with Crippen molar-refractivity contribution < 1.29 is 9.32 Å². The van der Waals surface area contributed by atoms with Crippen LogP contribution in [0.4, 0.5) is 17.5 Å². The molecule has 0 spiro atoms. The van der Waals surface area contributed by atoms with Gasteiger partial charge in [0.15, 0.2) is 0 Å². The van der Waals surface area contributed by atoms with Gasteiger partial charge in [-0.2, -0.15) is 4.98 Å². The van der Waals surface area contributed by atoms with Crippen LogP contribution in [0.1, 0.15) is 19.8 Å². The van der Waals surface area contributed by atoms with Crippen LogP contribution < -0.4 is 10.6 Å². The van der Waals surface area contributed by atoms with E-state index in [0.717, 1.165) is 21.0 Å². The first-order chi connectivity index (χ1) is 14.9. The number of thiophene rings is 1. The molecule has 1 fully saturated rings. The first kappa shape index (κ1) is 21.7. The summed E-state index contributed by atoms with van der Waals surface area (Å²) in [4.78, 5) is 10.9.